The van der Waals surface area contributed by atoms with Gasteiger partial charge in [0.05, 0.1) is 32.8 Å². The van der Waals surface area contributed by atoms with Crippen LogP contribution in [0.3, 0.4) is 0 Å². The zero-order valence-corrected chi connectivity index (χ0v) is 33.3. The fourth-order valence-electron chi connectivity index (χ4n) is 7.59. The smallest absolute Gasteiger partial charge is 0.102 e. The third-order valence-electron chi connectivity index (χ3n) is 11.2. The van der Waals surface area contributed by atoms with E-state index >= 15 is 0 Å². The lowest BCUT2D eigenvalue weighted by atomic mass is 10.0. The molecule has 0 aromatic heterocycles. The van der Waals surface area contributed by atoms with Gasteiger partial charge in [0.15, 0.2) is 0 Å². The van der Waals surface area contributed by atoms with Crippen molar-refractivity contribution in [3.8, 4) is 0 Å². The van der Waals surface area contributed by atoms with Crippen molar-refractivity contribution >= 4 is 0 Å². The van der Waals surface area contributed by atoms with Crippen LogP contribution in [0.4, 0.5) is 0 Å². The Bertz CT molecular complexity index is 611. The number of nitrogens with two attached hydrogens (primary N) is 1. The Balaban J connectivity index is 1.93. The van der Waals surface area contributed by atoms with Crippen LogP contribution in [-0.2, 0) is 9.47 Å². The average Bonchev–Trinajstić information content (AvgIpc) is 3.11. The normalized spacial score (nSPS) is 15.1. The third-order valence-corrected chi connectivity index (χ3v) is 11.2. The van der Waals surface area contributed by atoms with Crippen molar-refractivity contribution in [2.75, 3.05) is 78.8 Å². The number of piperazine rings is 1. The zero-order valence-electron chi connectivity index (χ0n) is 33.3. The molecule has 48 heavy (non-hydrogen) atoms. The lowest BCUT2D eigenvalue weighted by molar-refractivity contribution is -0.932. The van der Waals surface area contributed by atoms with E-state index in [1.807, 2.05) is 0 Å². The maximum absolute atomic E-state index is 6.16. The highest BCUT2D eigenvalue weighted by Crippen LogP contribution is 2.16. The SMILES string of the molecule is CCCCCCCCCCCCCCCCOCCN1CC[N+](CCCN)(CCOCCCCCCCCCCCCCCCC)CC1. The van der Waals surface area contributed by atoms with E-state index in [9.17, 15) is 0 Å². The number of hydrogen-bond acceptors (Lipinski definition) is 4. The van der Waals surface area contributed by atoms with Crippen molar-refractivity contribution in [1.82, 2.24) is 4.90 Å². The first-order valence-corrected chi connectivity index (χ1v) is 22.2. The summed E-state index contributed by atoms with van der Waals surface area (Å²) in [5, 5.41) is 0. The van der Waals surface area contributed by atoms with Gasteiger partial charge in [-0.05, 0) is 19.4 Å². The third kappa shape index (κ3) is 29.5. The topological polar surface area (TPSA) is 47.7 Å². The quantitative estimate of drug-likeness (QED) is 0.0518. The van der Waals surface area contributed by atoms with E-state index in [0.717, 1.165) is 52.5 Å². The summed E-state index contributed by atoms with van der Waals surface area (Å²) in [7, 11) is 0. The van der Waals surface area contributed by atoms with Gasteiger partial charge in [-0.2, -0.15) is 0 Å². The Morgan fingerprint density at radius 1 is 0.417 bits per heavy atom. The molecule has 0 saturated carbocycles. The van der Waals surface area contributed by atoms with Crippen molar-refractivity contribution < 1.29 is 14.0 Å². The summed E-state index contributed by atoms with van der Waals surface area (Å²) in [5.74, 6) is 0. The first kappa shape index (κ1) is 45.8. The van der Waals surface area contributed by atoms with Crippen LogP contribution in [0.15, 0.2) is 0 Å². The largest absolute Gasteiger partial charge is 0.380 e. The number of rotatable bonds is 39. The number of quaternary nitrogens is 1. The molecule has 288 valence electrons. The van der Waals surface area contributed by atoms with E-state index in [1.54, 1.807) is 0 Å². The minimum Gasteiger partial charge on any atom is -0.380 e. The molecule has 0 unspecified atom stereocenters. The molecule has 5 nitrogen and oxygen atoms in total. The summed E-state index contributed by atoms with van der Waals surface area (Å²) < 4.78 is 13.4. The van der Waals surface area contributed by atoms with Gasteiger partial charge in [0.2, 0.25) is 0 Å². The Hall–Kier alpha value is -0.200. The summed E-state index contributed by atoms with van der Waals surface area (Å²) in [6.07, 6.45) is 40.6. The van der Waals surface area contributed by atoms with Gasteiger partial charge in [-0.15, -0.1) is 0 Å². The predicted octanol–water partition coefficient (Wildman–Crippen LogP) is 11.5. The second kappa shape index (κ2) is 36.6. The van der Waals surface area contributed by atoms with Crippen LogP contribution in [0.2, 0.25) is 0 Å². The van der Waals surface area contributed by atoms with E-state index < -0.39 is 0 Å². The van der Waals surface area contributed by atoms with Crippen molar-refractivity contribution in [2.24, 2.45) is 5.73 Å². The predicted molar refractivity (Wildman–Crippen MR) is 212 cm³/mol. The van der Waals surface area contributed by atoms with Gasteiger partial charge >= 0.3 is 0 Å². The Morgan fingerprint density at radius 2 is 0.771 bits per heavy atom. The van der Waals surface area contributed by atoms with E-state index in [-0.39, 0.29) is 0 Å². The second-order valence-corrected chi connectivity index (χ2v) is 15.6. The molecule has 0 aliphatic carbocycles. The van der Waals surface area contributed by atoms with Crippen molar-refractivity contribution in [3.63, 3.8) is 0 Å². The maximum atomic E-state index is 6.16. The molecular formula is C43H90N3O2+. The molecule has 1 fully saturated rings. The molecule has 1 rings (SSSR count). The van der Waals surface area contributed by atoms with E-state index in [4.69, 9.17) is 15.2 Å². The Morgan fingerprint density at radius 3 is 1.15 bits per heavy atom. The number of unbranched alkanes of at least 4 members (excludes halogenated alkanes) is 26. The first-order valence-electron chi connectivity index (χ1n) is 22.2. The molecule has 0 spiro atoms. The van der Waals surface area contributed by atoms with Gasteiger partial charge in [0.1, 0.15) is 6.54 Å². The van der Waals surface area contributed by atoms with E-state index in [1.165, 1.54) is 217 Å². The molecular weight excluding hydrogens is 590 g/mol. The van der Waals surface area contributed by atoms with Crippen LogP contribution in [0, 0.1) is 0 Å². The molecule has 0 amide bonds. The van der Waals surface area contributed by atoms with Crippen LogP contribution >= 0.6 is 0 Å². The van der Waals surface area contributed by atoms with Gasteiger partial charge in [0.25, 0.3) is 0 Å². The van der Waals surface area contributed by atoms with Gasteiger partial charge < -0.3 is 19.7 Å². The molecule has 1 heterocycles. The summed E-state index contributed by atoms with van der Waals surface area (Å²) in [6, 6.07) is 0. The highest BCUT2D eigenvalue weighted by atomic mass is 16.5. The molecule has 0 radical (unpaired) electrons. The lowest BCUT2D eigenvalue weighted by Crippen LogP contribution is -2.61. The molecule has 1 aliphatic heterocycles. The van der Waals surface area contributed by atoms with Crippen molar-refractivity contribution in [1.29, 1.82) is 0 Å². The zero-order chi connectivity index (χ0) is 34.5. The van der Waals surface area contributed by atoms with Crippen LogP contribution in [0.1, 0.15) is 200 Å². The fourth-order valence-corrected chi connectivity index (χ4v) is 7.59. The lowest BCUT2D eigenvalue weighted by Gasteiger charge is -2.45. The summed E-state index contributed by atoms with van der Waals surface area (Å²) >= 11 is 0. The molecule has 0 aromatic carbocycles. The molecule has 2 N–H and O–H groups in total. The highest BCUT2D eigenvalue weighted by Gasteiger charge is 2.32. The summed E-state index contributed by atoms with van der Waals surface area (Å²) in [5.41, 5.74) is 5.94. The van der Waals surface area contributed by atoms with E-state index in [0.29, 0.717) is 0 Å². The highest BCUT2D eigenvalue weighted by molar-refractivity contribution is 4.65. The average molecular weight is 681 g/mol. The fraction of sp³-hybridized carbons (Fsp3) is 1.00. The minimum atomic E-state index is 0.802. The maximum Gasteiger partial charge on any atom is 0.102 e. The number of ether oxygens (including phenoxy) is 2. The van der Waals surface area contributed by atoms with Crippen LogP contribution < -0.4 is 5.73 Å². The molecule has 0 aromatic rings. The summed E-state index contributed by atoms with van der Waals surface area (Å²) in [6.45, 7) is 17.4. The summed E-state index contributed by atoms with van der Waals surface area (Å²) in [4.78, 5) is 2.62. The number of hydrogen-bond donors (Lipinski definition) is 1. The van der Waals surface area contributed by atoms with Crippen LogP contribution in [-0.4, -0.2) is 88.2 Å². The Labute approximate surface area is 302 Å². The van der Waals surface area contributed by atoms with Crippen molar-refractivity contribution in [2.45, 2.75) is 200 Å². The molecule has 5 heteroatoms. The van der Waals surface area contributed by atoms with Crippen LogP contribution in [0.25, 0.3) is 0 Å². The first-order chi connectivity index (χ1) is 23.8. The monoisotopic (exact) mass is 681 g/mol. The molecule has 1 aliphatic rings. The van der Waals surface area contributed by atoms with Gasteiger partial charge in [-0.1, -0.05) is 181 Å². The molecule has 1 saturated heterocycles. The minimum absolute atomic E-state index is 0.802. The van der Waals surface area contributed by atoms with Crippen LogP contribution in [0.5, 0.6) is 0 Å². The van der Waals surface area contributed by atoms with Gasteiger partial charge in [-0.3, -0.25) is 4.90 Å². The second-order valence-electron chi connectivity index (χ2n) is 15.6. The van der Waals surface area contributed by atoms with Crippen molar-refractivity contribution in [3.05, 3.63) is 0 Å². The Kier molecular flexibility index (Phi) is 34.9. The van der Waals surface area contributed by atoms with Gasteiger partial charge in [-0.25, -0.2) is 0 Å². The molecule has 0 bridgehead atoms. The number of nitrogens with zero attached hydrogens (tertiary/aromatic N) is 2. The van der Waals surface area contributed by atoms with E-state index in [2.05, 4.69) is 18.7 Å². The van der Waals surface area contributed by atoms with Gasteiger partial charge in [0, 0.05) is 39.3 Å². The standard InChI is InChI=1S/C43H90N3O2/c1-3-5-7-9-11-13-15-17-19-21-23-25-27-29-40-47-42-35-45-33-37-46(38-34-45,36-31-32-44)39-43-48-41-30-28-26-24-22-20-18-16-14-12-10-8-6-4-2/h3-44H2,1-2H3/q+1. The molecule has 0 atom stereocenters.